The van der Waals surface area contributed by atoms with Crippen molar-refractivity contribution in [3.05, 3.63) is 29.8 Å². The fourth-order valence-corrected chi connectivity index (χ4v) is 3.35. The molecule has 0 radical (unpaired) electrons. The van der Waals surface area contributed by atoms with E-state index in [-0.39, 0.29) is 25.4 Å². The number of hydrogen-bond donors (Lipinski definition) is 2. The first-order valence-corrected chi connectivity index (χ1v) is 6.76. The van der Waals surface area contributed by atoms with Crippen LogP contribution in [0.25, 0.3) is 0 Å². The molecule has 1 aromatic carbocycles. The molecule has 2 N–H and O–H groups in total. The summed E-state index contributed by atoms with van der Waals surface area (Å²) in [5, 5.41) is 18.7. The van der Waals surface area contributed by atoms with Crippen LogP contribution >= 0.6 is 0 Å². The maximum atomic E-state index is 12.4. The number of piperidine rings is 1. The molecule has 1 saturated heterocycles. The van der Waals surface area contributed by atoms with Gasteiger partial charge in [-0.2, -0.15) is 0 Å². The number of carbonyl (C=O) groups excluding carboxylic acids is 1. The number of hydrogen-bond acceptors (Lipinski definition) is 4. The summed E-state index contributed by atoms with van der Waals surface area (Å²) in [6.45, 7) is -0.140. The average Bonchev–Trinajstić information content (AvgIpc) is 3.05. The first-order valence-electron chi connectivity index (χ1n) is 6.76. The van der Waals surface area contributed by atoms with Gasteiger partial charge in [0, 0.05) is 18.7 Å². The Morgan fingerprint density at radius 1 is 1.05 bits per heavy atom. The first-order chi connectivity index (χ1) is 10.4. The summed E-state index contributed by atoms with van der Waals surface area (Å²) in [5.74, 6) is -2.07. The molecule has 3 rings (SSSR count). The van der Waals surface area contributed by atoms with Crippen molar-refractivity contribution in [3.63, 3.8) is 0 Å². The van der Waals surface area contributed by atoms with Crippen molar-refractivity contribution >= 4 is 17.8 Å². The van der Waals surface area contributed by atoms with Crippen LogP contribution in [-0.4, -0.2) is 53.2 Å². The monoisotopic (exact) mass is 305 g/mol. The van der Waals surface area contributed by atoms with E-state index >= 15 is 0 Å². The number of rotatable bonds is 4. The molecule has 116 valence electrons. The summed E-state index contributed by atoms with van der Waals surface area (Å²) in [7, 11) is 1.51. The van der Waals surface area contributed by atoms with Gasteiger partial charge >= 0.3 is 11.9 Å². The van der Waals surface area contributed by atoms with Crippen LogP contribution in [0.5, 0.6) is 5.75 Å². The Balaban J connectivity index is 1.84. The molecule has 2 aliphatic rings. The lowest BCUT2D eigenvalue weighted by Gasteiger charge is -2.20. The molecule has 0 unspecified atom stereocenters. The molecule has 0 aromatic heterocycles. The van der Waals surface area contributed by atoms with Crippen LogP contribution in [0.15, 0.2) is 24.3 Å². The summed E-state index contributed by atoms with van der Waals surface area (Å²) in [5.41, 5.74) is -2.31. The Labute approximate surface area is 126 Å². The van der Waals surface area contributed by atoms with Crippen LogP contribution in [0.1, 0.15) is 16.8 Å². The molecular weight excluding hydrogens is 290 g/mol. The molecule has 2 fully saturated rings. The molecule has 7 nitrogen and oxygen atoms in total. The van der Waals surface area contributed by atoms with E-state index in [1.54, 1.807) is 24.3 Å². The number of ether oxygens (including phenoxy) is 1. The lowest BCUT2D eigenvalue weighted by Crippen LogP contribution is -2.34. The lowest BCUT2D eigenvalue weighted by molar-refractivity contribution is -0.151. The Kier molecular flexibility index (Phi) is 2.91. The highest BCUT2D eigenvalue weighted by atomic mass is 16.5. The van der Waals surface area contributed by atoms with Gasteiger partial charge < -0.3 is 19.8 Å². The summed E-state index contributed by atoms with van der Waals surface area (Å²) in [4.78, 5) is 36.6. The van der Waals surface area contributed by atoms with Crippen molar-refractivity contribution in [3.8, 4) is 5.75 Å². The lowest BCUT2D eigenvalue weighted by atomic mass is 9.97. The van der Waals surface area contributed by atoms with Gasteiger partial charge in [0.1, 0.15) is 16.6 Å². The van der Waals surface area contributed by atoms with Crippen molar-refractivity contribution in [2.24, 2.45) is 10.8 Å². The molecule has 7 heteroatoms. The van der Waals surface area contributed by atoms with Crippen LogP contribution in [0.3, 0.4) is 0 Å². The average molecular weight is 305 g/mol. The van der Waals surface area contributed by atoms with E-state index in [1.165, 1.54) is 12.0 Å². The highest BCUT2D eigenvalue weighted by Gasteiger charge is 2.81. The van der Waals surface area contributed by atoms with Gasteiger partial charge in [0.25, 0.3) is 5.91 Å². The number of amides is 1. The van der Waals surface area contributed by atoms with E-state index in [0.717, 1.165) is 0 Å². The molecule has 0 bridgehead atoms. The van der Waals surface area contributed by atoms with Gasteiger partial charge in [-0.3, -0.25) is 14.4 Å². The zero-order valence-corrected chi connectivity index (χ0v) is 11.9. The SMILES string of the molecule is COc1ccc(C(=O)N2C[C@@]3(C(=O)O)C[C@@]3(C(=O)O)C2)cc1. The van der Waals surface area contributed by atoms with E-state index in [4.69, 9.17) is 4.74 Å². The summed E-state index contributed by atoms with van der Waals surface area (Å²) >= 11 is 0. The molecule has 1 aliphatic carbocycles. The third-order valence-electron chi connectivity index (χ3n) is 4.76. The number of methoxy groups -OCH3 is 1. The predicted octanol–water partition coefficient (Wildman–Crippen LogP) is 0.697. The number of likely N-dealkylation sites (tertiary alicyclic amines) is 1. The number of carboxylic acid groups (broad SMARTS) is 2. The van der Waals surface area contributed by atoms with Crippen LogP contribution in [-0.2, 0) is 9.59 Å². The fraction of sp³-hybridized carbons (Fsp3) is 0.400. The Morgan fingerprint density at radius 3 is 1.95 bits per heavy atom. The van der Waals surface area contributed by atoms with E-state index in [1.807, 2.05) is 0 Å². The summed E-state index contributed by atoms with van der Waals surface area (Å²) in [6.07, 6.45) is 0.0804. The number of aliphatic carboxylic acids is 2. The van der Waals surface area contributed by atoms with Crippen molar-refractivity contribution in [1.29, 1.82) is 0 Å². The van der Waals surface area contributed by atoms with Gasteiger partial charge in [0.15, 0.2) is 0 Å². The van der Waals surface area contributed by atoms with E-state index in [2.05, 4.69) is 0 Å². The Bertz CT molecular complexity index is 641. The zero-order chi connectivity index (χ0) is 16.1. The van der Waals surface area contributed by atoms with Gasteiger partial charge in [0.2, 0.25) is 0 Å². The maximum Gasteiger partial charge on any atom is 0.312 e. The number of benzene rings is 1. The molecule has 1 saturated carbocycles. The summed E-state index contributed by atoms with van der Waals surface area (Å²) < 4.78 is 5.01. The molecule has 1 aromatic rings. The van der Waals surface area contributed by atoms with Gasteiger partial charge in [-0.15, -0.1) is 0 Å². The van der Waals surface area contributed by atoms with Crippen molar-refractivity contribution in [1.82, 2.24) is 4.90 Å². The van der Waals surface area contributed by atoms with Crippen molar-refractivity contribution < 1.29 is 29.3 Å². The van der Waals surface area contributed by atoms with Crippen LogP contribution in [0, 0.1) is 10.8 Å². The number of carbonyl (C=O) groups is 3. The maximum absolute atomic E-state index is 12.4. The fourth-order valence-electron chi connectivity index (χ4n) is 3.35. The second-order valence-corrected chi connectivity index (χ2v) is 5.84. The van der Waals surface area contributed by atoms with Gasteiger partial charge in [0.05, 0.1) is 7.11 Å². The molecular formula is C15H15NO6. The normalized spacial score (nSPS) is 28.9. The molecule has 1 aliphatic heterocycles. The number of carboxylic acids is 2. The first kappa shape index (κ1) is 14.4. The van der Waals surface area contributed by atoms with Crippen molar-refractivity contribution in [2.45, 2.75) is 6.42 Å². The highest BCUT2D eigenvalue weighted by molar-refractivity contribution is 6.00. The minimum absolute atomic E-state index is 0.0699. The van der Waals surface area contributed by atoms with Gasteiger partial charge in [-0.05, 0) is 30.7 Å². The highest BCUT2D eigenvalue weighted by Crippen LogP contribution is 2.68. The second kappa shape index (κ2) is 4.46. The third-order valence-corrected chi connectivity index (χ3v) is 4.76. The van der Waals surface area contributed by atoms with Crippen LogP contribution in [0.4, 0.5) is 0 Å². The summed E-state index contributed by atoms with van der Waals surface area (Å²) in [6, 6.07) is 6.41. The minimum atomic E-state index is -1.35. The molecule has 1 amide bonds. The predicted molar refractivity (Wildman–Crippen MR) is 73.7 cm³/mol. The molecule has 22 heavy (non-hydrogen) atoms. The van der Waals surface area contributed by atoms with Crippen LogP contribution in [0.2, 0.25) is 0 Å². The molecule has 1 heterocycles. The van der Waals surface area contributed by atoms with Gasteiger partial charge in [-0.25, -0.2) is 0 Å². The van der Waals surface area contributed by atoms with E-state index in [0.29, 0.717) is 11.3 Å². The van der Waals surface area contributed by atoms with Crippen LogP contribution < -0.4 is 4.74 Å². The Morgan fingerprint density at radius 2 is 1.55 bits per heavy atom. The standard InChI is InChI=1S/C15H15NO6/c1-22-10-4-2-9(3-5-10)11(17)16-7-14(12(18)19)6-15(14,8-16)13(20)21/h2-5H,6-8H2,1H3,(H,18,19)(H,20,21)/t14-,15+. The number of nitrogens with zero attached hydrogens (tertiary/aromatic N) is 1. The van der Waals surface area contributed by atoms with Gasteiger partial charge in [-0.1, -0.05) is 0 Å². The quantitative estimate of drug-likeness (QED) is 0.848. The second-order valence-electron chi connectivity index (χ2n) is 5.84. The Hall–Kier alpha value is -2.57. The zero-order valence-electron chi connectivity index (χ0n) is 11.9. The largest absolute Gasteiger partial charge is 0.497 e. The molecule has 0 spiro atoms. The minimum Gasteiger partial charge on any atom is -0.497 e. The topological polar surface area (TPSA) is 104 Å². The van der Waals surface area contributed by atoms with E-state index in [9.17, 15) is 24.6 Å². The smallest absolute Gasteiger partial charge is 0.312 e. The molecule has 2 atom stereocenters. The van der Waals surface area contributed by atoms with Crippen molar-refractivity contribution in [2.75, 3.05) is 20.2 Å². The van der Waals surface area contributed by atoms with E-state index < -0.39 is 22.8 Å². The number of fused-ring (bicyclic) bond motifs is 1. The third kappa shape index (κ3) is 1.71.